The summed E-state index contributed by atoms with van der Waals surface area (Å²) in [5.74, 6) is -0.334. The molecule has 0 saturated carbocycles. The van der Waals surface area contributed by atoms with E-state index in [0.29, 0.717) is 0 Å². The molecule has 0 radical (unpaired) electrons. The van der Waals surface area contributed by atoms with Gasteiger partial charge in [0.15, 0.2) is 8.32 Å². The Labute approximate surface area is 145 Å². The maximum atomic E-state index is 12.4. The average molecular weight is 366 g/mol. The minimum absolute atomic E-state index is 0.0697. The van der Waals surface area contributed by atoms with Crippen LogP contribution in [0.3, 0.4) is 0 Å². The molecular weight excluding hydrogens is 330 g/mol. The van der Waals surface area contributed by atoms with Crippen molar-refractivity contribution < 1.29 is 18.2 Å². The number of methoxy groups -OCH3 is 1. The first-order chi connectivity index (χ1) is 10.1. The molecule has 0 amide bonds. The first-order valence-corrected chi connectivity index (χ1v) is 12.1. The lowest BCUT2D eigenvalue weighted by molar-refractivity contribution is -0.141. The van der Waals surface area contributed by atoms with Gasteiger partial charge in [-0.15, -0.1) is 0 Å². The maximum Gasteiger partial charge on any atom is 0.307 e. The summed E-state index contributed by atoms with van der Waals surface area (Å²) in [6.45, 7) is 18.5. The number of carbonyl (C=O) groups excluding carboxylic acids is 1. The van der Waals surface area contributed by atoms with Crippen molar-refractivity contribution in [3.8, 4) is 0 Å². The van der Waals surface area contributed by atoms with Crippen molar-refractivity contribution in [3.63, 3.8) is 0 Å². The van der Waals surface area contributed by atoms with E-state index in [1.54, 1.807) is 0 Å². The van der Waals surface area contributed by atoms with Crippen LogP contribution in [0.25, 0.3) is 0 Å². The van der Waals surface area contributed by atoms with Crippen LogP contribution in [0.5, 0.6) is 0 Å². The smallest absolute Gasteiger partial charge is 0.307 e. The Kier molecular flexibility index (Phi) is 8.14. The Morgan fingerprint density at radius 3 is 2.00 bits per heavy atom. The van der Waals surface area contributed by atoms with Crippen molar-refractivity contribution in [3.05, 3.63) is 0 Å². The molecule has 1 N–H and O–H groups in total. The fraction of sp³-hybridized carbons (Fsp3) is 0.938. The van der Waals surface area contributed by atoms with Gasteiger partial charge in [0.25, 0.3) is 0 Å². The van der Waals surface area contributed by atoms with Crippen molar-refractivity contribution in [2.45, 2.75) is 89.9 Å². The minimum atomic E-state index is -1.98. The fourth-order valence-corrected chi connectivity index (χ4v) is 3.96. The highest BCUT2D eigenvalue weighted by Gasteiger charge is 2.40. The van der Waals surface area contributed by atoms with E-state index in [1.807, 2.05) is 27.7 Å². The number of hydrogen-bond donors (Lipinski definition) is 1. The summed E-state index contributed by atoms with van der Waals surface area (Å²) < 4.78 is 26.2. The summed E-state index contributed by atoms with van der Waals surface area (Å²) in [7, 11) is -1.90. The lowest BCUT2D eigenvalue weighted by Crippen LogP contribution is -2.52. The zero-order valence-electron chi connectivity index (χ0n) is 16.4. The summed E-state index contributed by atoms with van der Waals surface area (Å²) in [5.41, 5.74) is 0. The largest absolute Gasteiger partial charge is 0.469 e. The van der Waals surface area contributed by atoms with Gasteiger partial charge in [-0.25, -0.2) is 8.93 Å². The molecule has 138 valence electrons. The second-order valence-electron chi connectivity index (χ2n) is 8.47. The van der Waals surface area contributed by atoms with Gasteiger partial charge >= 0.3 is 5.97 Å². The van der Waals surface area contributed by atoms with Gasteiger partial charge in [-0.1, -0.05) is 20.8 Å². The highest BCUT2D eigenvalue weighted by Crippen LogP contribution is 2.37. The SMILES string of the molecule is COC(=O)C[C@@H](NS(=O)C(C)(C)C)[C@H](C)O[Si](C)(C)C(C)(C)C. The molecule has 3 atom stereocenters. The molecule has 0 aromatic carbocycles. The van der Waals surface area contributed by atoms with Crippen molar-refractivity contribution in [1.29, 1.82) is 0 Å². The quantitative estimate of drug-likeness (QED) is 0.555. The number of nitrogens with one attached hydrogen (secondary N) is 1. The van der Waals surface area contributed by atoms with E-state index in [2.05, 4.69) is 38.6 Å². The fourth-order valence-electron chi connectivity index (χ4n) is 1.60. The van der Waals surface area contributed by atoms with Gasteiger partial charge in [0.1, 0.15) is 0 Å². The van der Waals surface area contributed by atoms with E-state index in [9.17, 15) is 9.00 Å². The molecule has 0 aliphatic heterocycles. The zero-order valence-corrected chi connectivity index (χ0v) is 18.2. The Balaban J connectivity index is 5.20. The summed E-state index contributed by atoms with van der Waals surface area (Å²) in [4.78, 5) is 11.7. The van der Waals surface area contributed by atoms with Crippen LogP contribution in [0.4, 0.5) is 0 Å². The molecule has 0 spiro atoms. The molecule has 0 aliphatic rings. The monoisotopic (exact) mass is 365 g/mol. The van der Waals surface area contributed by atoms with E-state index < -0.39 is 24.1 Å². The molecule has 0 rings (SSSR count). The average Bonchev–Trinajstić information content (AvgIpc) is 2.34. The summed E-state index contributed by atoms with van der Waals surface area (Å²) >= 11 is 0. The van der Waals surface area contributed by atoms with Gasteiger partial charge in [0, 0.05) is 0 Å². The number of hydrogen-bond acceptors (Lipinski definition) is 4. The molecule has 1 unspecified atom stereocenters. The van der Waals surface area contributed by atoms with Crippen LogP contribution in [-0.2, 0) is 24.9 Å². The van der Waals surface area contributed by atoms with Crippen molar-refractivity contribution in [1.82, 2.24) is 4.72 Å². The van der Waals surface area contributed by atoms with Crippen LogP contribution in [-0.4, -0.2) is 42.5 Å². The van der Waals surface area contributed by atoms with Gasteiger partial charge in [0.2, 0.25) is 0 Å². The second-order valence-corrected chi connectivity index (χ2v) is 15.2. The van der Waals surface area contributed by atoms with Crippen LogP contribution in [0.1, 0.15) is 54.9 Å². The van der Waals surface area contributed by atoms with Crippen LogP contribution in [0, 0.1) is 0 Å². The maximum absolute atomic E-state index is 12.4. The molecule has 0 heterocycles. The normalized spacial score (nSPS) is 17.5. The molecule has 0 fully saturated rings. The highest BCUT2D eigenvalue weighted by atomic mass is 32.2. The summed E-state index contributed by atoms with van der Waals surface area (Å²) in [5, 5.41) is 0.0697. The molecular formula is C16H35NO4SSi. The van der Waals surface area contributed by atoms with Crippen LogP contribution >= 0.6 is 0 Å². The molecule has 0 aromatic heterocycles. The Morgan fingerprint density at radius 1 is 1.17 bits per heavy atom. The van der Waals surface area contributed by atoms with E-state index in [4.69, 9.17) is 9.16 Å². The van der Waals surface area contributed by atoms with Crippen molar-refractivity contribution >= 4 is 25.3 Å². The van der Waals surface area contributed by atoms with Gasteiger partial charge in [0.05, 0.1) is 41.4 Å². The van der Waals surface area contributed by atoms with Crippen molar-refractivity contribution in [2.24, 2.45) is 0 Å². The summed E-state index contributed by atoms with van der Waals surface area (Å²) in [6.07, 6.45) is -0.102. The van der Waals surface area contributed by atoms with Crippen LogP contribution < -0.4 is 4.72 Å². The van der Waals surface area contributed by atoms with E-state index in [-0.39, 0.29) is 29.6 Å². The topological polar surface area (TPSA) is 64.6 Å². The van der Waals surface area contributed by atoms with Gasteiger partial charge in [-0.3, -0.25) is 4.79 Å². The second kappa shape index (κ2) is 8.23. The molecule has 0 aliphatic carbocycles. The molecule has 0 bridgehead atoms. The molecule has 7 heteroatoms. The Bertz CT molecular complexity index is 427. The van der Waals surface area contributed by atoms with Gasteiger partial charge < -0.3 is 9.16 Å². The lowest BCUT2D eigenvalue weighted by atomic mass is 10.1. The van der Waals surface area contributed by atoms with Crippen LogP contribution in [0.2, 0.25) is 18.1 Å². The molecule has 23 heavy (non-hydrogen) atoms. The first kappa shape index (κ1) is 22.8. The Hall–Kier alpha value is -0.243. The van der Waals surface area contributed by atoms with Crippen molar-refractivity contribution in [2.75, 3.05) is 7.11 Å². The first-order valence-electron chi connectivity index (χ1n) is 8.04. The van der Waals surface area contributed by atoms with Gasteiger partial charge in [-0.05, 0) is 45.8 Å². The standard InChI is InChI=1S/C16H35NO4SSi/c1-12(21-23(9,10)16(5,6)7)13(11-14(18)20-8)17-22(19)15(2,3)4/h12-13,17H,11H2,1-10H3/t12-,13+,22?/m0/s1. The zero-order chi connectivity index (χ0) is 18.6. The minimum Gasteiger partial charge on any atom is -0.469 e. The number of carbonyl (C=O) groups is 1. The van der Waals surface area contributed by atoms with E-state index in [0.717, 1.165) is 0 Å². The third kappa shape index (κ3) is 7.45. The van der Waals surface area contributed by atoms with E-state index in [1.165, 1.54) is 7.11 Å². The summed E-state index contributed by atoms with van der Waals surface area (Å²) in [6, 6.07) is -0.350. The number of rotatable bonds is 7. The predicted molar refractivity (Wildman–Crippen MR) is 99.2 cm³/mol. The van der Waals surface area contributed by atoms with Crippen LogP contribution in [0.15, 0.2) is 0 Å². The third-order valence-electron chi connectivity index (χ3n) is 4.28. The molecule has 0 aromatic rings. The number of ether oxygens (including phenoxy) is 1. The molecule has 5 nitrogen and oxygen atoms in total. The number of esters is 1. The predicted octanol–water partition coefficient (Wildman–Crippen LogP) is 3.38. The van der Waals surface area contributed by atoms with Gasteiger partial charge in [-0.2, -0.15) is 0 Å². The van der Waals surface area contributed by atoms with E-state index >= 15 is 0 Å². The highest BCUT2D eigenvalue weighted by molar-refractivity contribution is 7.84. The lowest BCUT2D eigenvalue weighted by Gasteiger charge is -2.40. The Morgan fingerprint density at radius 2 is 1.65 bits per heavy atom. The third-order valence-corrected chi connectivity index (χ3v) is 10.5. The molecule has 0 saturated heterocycles.